The number of aryl methyl sites for hydroxylation is 1. The van der Waals surface area contributed by atoms with Crippen LogP contribution in [-0.2, 0) is 13.0 Å². The molecule has 0 bridgehead atoms. The van der Waals surface area contributed by atoms with Gasteiger partial charge in [0.1, 0.15) is 5.82 Å². The molecule has 0 saturated heterocycles. The molecule has 0 unspecified atom stereocenters. The summed E-state index contributed by atoms with van der Waals surface area (Å²) in [6, 6.07) is 0. The SMILES string of the molecule is CCCCCC(C)(C)CNCc1[nH]c(CCCC)nc1Cl. The summed E-state index contributed by atoms with van der Waals surface area (Å²) >= 11 is 6.19. The molecular weight excluding hydrogens is 282 g/mol. The number of hydrogen-bond acceptors (Lipinski definition) is 2. The van der Waals surface area contributed by atoms with E-state index in [0.717, 1.165) is 37.4 Å². The number of imidazole rings is 1. The molecule has 2 N–H and O–H groups in total. The van der Waals surface area contributed by atoms with Gasteiger partial charge in [-0.05, 0) is 18.3 Å². The highest BCUT2D eigenvalue weighted by Gasteiger charge is 2.17. The molecule has 0 aliphatic carbocycles. The number of H-pyrrole nitrogens is 1. The Morgan fingerprint density at radius 1 is 1.14 bits per heavy atom. The number of halogens is 1. The Labute approximate surface area is 135 Å². The molecule has 0 radical (unpaired) electrons. The zero-order valence-electron chi connectivity index (χ0n) is 14.2. The molecule has 21 heavy (non-hydrogen) atoms. The van der Waals surface area contributed by atoms with Crippen LogP contribution in [0.3, 0.4) is 0 Å². The normalized spacial score (nSPS) is 12.0. The Hall–Kier alpha value is -0.540. The van der Waals surface area contributed by atoms with Gasteiger partial charge in [0.2, 0.25) is 0 Å². The van der Waals surface area contributed by atoms with Gasteiger partial charge in [-0.25, -0.2) is 4.98 Å². The third kappa shape index (κ3) is 7.32. The Bertz CT molecular complexity index is 399. The fourth-order valence-electron chi connectivity index (χ4n) is 2.49. The van der Waals surface area contributed by atoms with Crippen molar-refractivity contribution >= 4 is 11.6 Å². The summed E-state index contributed by atoms with van der Waals surface area (Å²) in [6.07, 6.45) is 8.52. The summed E-state index contributed by atoms with van der Waals surface area (Å²) < 4.78 is 0. The van der Waals surface area contributed by atoms with Crippen LogP contribution in [0.1, 0.15) is 77.7 Å². The van der Waals surface area contributed by atoms with Crippen LogP contribution in [0.25, 0.3) is 0 Å². The number of nitrogens with one attached hydrogen (secondary N) is 2. The Morgan fingerprint density at radius 3 is 2.52 bits per heavy atom. The van der Waals surface area contributed by atoms with Crippen molar-refractivity contribution in [1.82, 2.24) is 15.3 Å². The highest BCUT2D eigenvalue weighted by atomic mass is 35.5. The van der Waals surface area contributed by atoms with Crippen LogP contribution in [0.15, 0.2) is 0 Å². The van der Waals surface area contributed by atoms with E-state index in [1.807, 2.05) is 0 Å². The number of hydrogen-bond donors (Lipinski definition) is 2. The molecule has 0 aromatic carbocycles. The summed E-state index contributed by atoms with van der Waals surface area (Å²) in [4.78, 5) is 7.74. The van der Waals surface area contributed by atoms with Gasteiger partial charge in [0.05, 0.1) is 5.69 Å². The molecule has 4 heteroatoms. The van der Waals surface area contributed by atoms with Crippen LogP contribution in [0.5, 0.6) is 0 Å². The smallest absolute Gasteiger partial charge is 0.151 e. The molecule has 0 fully saturated rings. The number of aromatic nitrogens is 2. The maximum atomic E-state index is 6.19. The number of nitrogens with zero attached hydrogens (tertiary/aromatic N) is 1. The molecule has 3 nitrogen and oxygen atoms in total. The third-order valence-corrected chi connectivity index (χ3v) is 4.22. The molecule has 1 heterocycles. The van der Waals surface area contributed by atoms with E-state index < -0.39 is 0 Å². The fourth-order valence-corrected chi connectivity index (χ4v) is 2.70. The van der Waals surface area contributed by atoms with Gasteiger partial charge in [0.25, 0.3) is 0 Å². The van der Waals surface area contributed by atoms with Crippen LogP contribution in [0.2, 0.25) is 5.15 Å². The predicted molar refractivity (Wildman–Crippen MR) is 91.8 cm³/mol. The summed E-state index contributed by atoms with van der Waals surface area (Å²) in [6.45, 7) is 10.9. The van der Waals surface area contributed by atoms with Crippen LogP contribution >= 0.6 is 11.6 Å². The van der Waals surface area contributed by atoms with Gasteiger partial charge in [-0.2, -0.15) is 0 Å². The summed E-state index contributed by atoms with van der Waals surface area (Å²) in [7, 11) is 0. The highest BCUT2D eigenvalue weighted by molar-refractivity contribution is 6.30. The van der Waals surface area contributed by atoms with E-state index in [0.29, 0.717) is 10.6 Å². The van der Waals surface area contributed by atoms with E-state index >= 15 is 0 Å². The van der Waals surface area contributed by atoms with Crippen molar-refractivity contribution in [3.8, 4) is 0 Å². The van der Waals surface area contributed by atoms with Gasteiger partial charge in [0.15, 0.2) is 5.15 Å². The first-order chi connectivity index (χ1) is 9.98. The van der Waals surface area contributed by atoms with Crippen LogP contribution in [0, 0.1) is 5.41 Å². The van der Waals surface area contributed by atoms with Crippen molar-refractivity contribution in [2.24, 2.45) is 5.41 Å². The first-order valence-corrected chi connectivity index (χ1v) is 8.80. The highest BCUT2D eigenvalue weighted by Crippen LogP contribution is 2.23. The van der Waals surface area contributed by atoms with E-state index in [-0.39, 0.29) is 0 Å². The van der Waals surface area contributed by atoms with E-state index in [9.17, 15) is 0 Å². The molecular formula is C17H32ClN3. The molecule has 0 atom stereocenters. The lowest BCUT2D eigenvalue weighted by molar-refractivity contribution is 0.301. The van der Waals surface area contributed by atoms with Crippen LogP contribution in [-0.4, -0.2) is 16.5 Å². The molecule has 1 rings (SSSR count). The number of rotatable bonds is 11. The van der Waals surface area contributed by atoms with Gasteiger partial charge < -0.3 is 10.3 Å². The van der Waals surface area contributed by atoms with Crippen molar-refractivity contribution in [1.29, 1.82) is 0 Å². The lowest BCUT2D eigenvalue weighted by Crippen LogP contribution is -2.29. The van der Waals surface area contributed by atoms with Crippen LogP contribution in [0.4, 0.5) is 0 Å². The zero-order chi connectivity index (χ0) is 15.7. The standard InChI is InChI=1S/C17H32ClN3/c1-5-7-9-11-17(3,4)13-19-12-14-16(18)21-15(20-14)10-8-6-2/h19H,5-13H2,1-4H3,(H,20,21). The second-order valence-corrected chi connectivity index (χ2v) is 7.14. The third-order valence-electron chi connectivity index (χ3n) is 3.91. The van der Waals surface area contributed by atoms with Crippen molar-refractivity contribution in [3.05, 3.63) is 16.7 Å². The fraction of sp³-hybridized carbons (Fsp3) is 0.824. The molecule has 0 saturated carbocycles. The monoisotopic (exact) mass is 313 g/mol. The first-order valence-electron chi connectivity index (χ1n) is 8.42. The van der Waals surface area contributed by atoms with Crippen molar-refractivity contribution < 1.29 is 0 Å². The van der Waals surface area contributed by atoms with E-state index in [4.69, 9.17) is 11.6 Å². The largest absolute Gasteiger partial charge is 0.344 e. The topological polar surface area (TPSA) is 40.7 Å². The molecule has 1 aromatic heterocycles. The minimum atomic E-state index is 0.340. The Morgan fingerprint density at radius 2 is 1.86 bits per heavy atom. The molecule has 0 aliphatic rings. The zero-order valence-corrected chi connectivity index (χ0v) is 14.9. The summed E-state index contributed by atoms with van der Waals surface area (Å²) in [5.74, 6) is 1.01. The maximum Gasteiger partial charge on any atom is 0.151 e. The Kier molecular flexibility index (Phi) is 8.35. The average Bonchev–Trinajstić information content (AvgIpc) is 2.77. The van der Waals surface area contributed by atoms with Gasteiger partial charge in [-0.1, -0.05) is 65.0 Å². The van der Waals surface area contributed by atoms with Gasteiger partial charge >= 0.3 is 0 Å². The van der Waals surface area contributed by atoms with E-state index in [1.165, 1.54) is 32.1 Å². The Balaban J connectivity index is 2.35. The lowest BCUT2D eigenvalue weighted by Gasteiger charge is -2.25. The second kappa shape index (κ2) is 9.47. The molecule has 0 amide bonds. The number of unbranched alkanes of at least 4 members (excludes halogenated alkanes) is 3. The second-order valence-electron chi connectivity index (χ2n) is 6.78. The quantitative estimate of drug-likeness (QED) is 0.558. The average molecular weight is 314 g/mol. The minimum absolute atomic E-state index is 0.340. The van der Waals surface area contributed by atoms with E-state index in [2.05, 4.69) is 43.0 Å². The van der Waals surface area contributed by atoms with Crippen molar-refractivity contribution in [3.63, 3.8) is 0 Å². The number of aromatic amines is 1. The summed E-state index contributed by atoms with van der Waals surface area (Å²) in [5, 5.41) is 4.15. The van der Waals surface area contributed by atoms with Crippen molar-refractivity contribution in [2.75, 3.05) is 6.54 Å². The van der Waals surface area contributed by atoms with Gasteiger partial charge in [0, 0.05) is 19.5 Å². The lowest BCUT2D eigenvalue weighted by atomic mass is 9.87. The van der Waals surface area contributed by atoms with Crippen LogP contribution < -0.4 is 5.32 Å². The predicted octanol–water partition coefficient (Wildman–Crippen LogP) is 5.10. The molecule has 1 aromatic rings. The van der Waals surface area contributed by atoms with Crippen molar-refractivity contribution in [2.45, 2.75) is 79.2 Å². The molecule has 122 valence electrons. The minimum Gasteiger partial charge on any atom is -0.344 e. The molecule has 0 spiro atoms. The van der Waals surface area contributed by atoms with Gasteiger partial charge in [-0.15, -0.1) is 0 Å². The molecule has 0 aliphatic heterocycles. The summed E-state index contributed by atoms with van der Waals surface area (Å²) in [5.41, 5.74) is 1.36. The maximum absolute atomic E-state index is 6.19. The van der Waals surface area contributed by atoms with Gasteiger partial charge in [-0.3, -0.25) is 0 Å². The first kappa shape index (κ1) is 18.5. The van der Waals surface area contributed by atoms with E-state index in [1.54, 1.807) is 0 Å².